The first-order valence-electron chi connectivity index (χ1n) is 3.63. The van der Waals surface area contributed by atoms with Crippen molar-refractivity contribution in [2.24, 2.45) is 0 Å². The second kappa shape index (κ2) is 4.36. The van der Waals surface area contributed by atoms with E-state index in [-0.39, 0.29) is 6.26 Å². The third-order valence-electron chi connectivity index (χ3n) is 1.49. The Labute approximate surface area is 96.6 Å². The van der Waals surface area contributed by atoms with Gasteiger partial charge in [-0.2, -0.15) is 26.3 Å². The Morgan fingerprint density at radius 3 is 1.44 bits per heavy atom. The molecule has 18 heavy (non-hydrogen) atoms. The quantitative estimate of drug-likeness (QED) is 0.703. The molecule has 0 saturated heterocycles. The van der Waals surface area contributed by atoms with Gasteiger partial charge in [0.15, 0.2) is 9.84 Å². The molecule has 0 fully saturated rings. The van der Waals surface area contributed by atoms with Gasteiger partial charge < -0.3 is 0 Å². The molecule has 108 valence electrons. The molecule has 0 N–H and O–H groups in total. The molecule has 0 aromatic carbocycles. The van der Waals surface area contributed by atoms with E-state index in [0.717, 1.165) is 0 Å². The van der Waals surface area contributed by atoms with Crippen molar-refractivity contribution in [3.8, 4) is 0 Å². The third kappa shape index (κ3) is 3.34. The zero-order valence-corrected chi connectivity index (χ0v) is 9.84. The van der Waals surface area contributed by atoms with Crippen LogP contribution in [0.3, 0.4) is 0 Å². The standard InChI is InChI=1S/C5H4F6O5S2/c1-17(13,14)3(2(12)4(6,7)8)18(15,16)5(9,10)11/h3H,1H3. The molecule has 13 heteroatoms. The predicted molar refractivity (Wildman–Crippen MR) is 44.7 cm³/mol. The van der Waals surface area contributed by atoms with Crippen LogP contribution in [-0.2, 0) is 24.5 Å². The van der Waals surface area contributed by atoms with Gasteiger partial charge in [0.25, 0.3) is 15.6 Å². The number of ketones is 1. The largest absolute Gasteiger partial charge is 0.499 e. The molecular formula is C5H4F6O5S2. The first-order valence-corrected chi connectivity index (χ1v) is 7.13. The van der Waals surface area contributed by atoms with Crippen molar-refractivity contribution >= 4 is 25.5 Å². The van der Waals surface area contributed by atoms with Gasteiger partial charge in [-0.1, -0.05) is 0 Å². The summed E-state index contributed by atoms with van der Waals surface area (Å²) in [7, 11) is -12.3. The van der Waals surface area contributed by atoms with E-state index in [0.29, 0.717) is 0 Å². The van der Waals surface area contributed by atoms with Crippen molar-refractivity contribution < 1.29 is 48.0 Å². The number of carbonyl (C=O) groups excluding carboxylic acids is 1. The summed E-state index contributed by atoms with van der Waals surface area (Å²) >= 11 is 0. The first kappa shape index (κ1) is 17.2. The third-order valence-corrected chi connectivity index (χ3v) is 5.71. The van der Waals surface area contributed by atoms with Crippen molar-refractivity contribution in [1.29, 1.82) is 0 Å². The lowest BCUT2D eigenvalue weighted by atomic mass is 10.4. The van der Waals surface area contributed by atoms with Crippen LogP contribution in [0, 0.1) is 0 Å². The Bertz CT molecular complexity index is 538. The lowest BCUT2D eigenvalue weighted by molar-refractivity contribution is -0.169. The number of hydrogen-bond donors (Lipinski definition) is 0. The van der Waals surface area contributed by atoms with Gasteiger partial charge in [-0.15, -0.1) is 0 Å². The van der Waals surface area contributed by atoms with E-state index in [1.54, 1.807) is 0 Å². The highest BCUT2D eigenvalue weighted by Crippen LogP contribution is 2.33. The average Bonchev–Trinajstić information content (AvgIpc) is 1.95. The molecule has 0 spiro atoms. The maximum absolute atomic E-state index is 12.0. The van der Waals surface area contributed by atoms with Gasteiger partial charge in [-0.3, -0.25) is 4.79 Å². The summed E-state index contributed by atoms with van der Waals surface area (Å²) in [6.07, 6.45) is -6.25. The maximum atomic E-state index is 12.0. The second-order valence-corrected chi connectivity index (χ2v) is 7.47. The van der Waals surface area contributed by atoms with Gasteiger partial charge in [0.2, 0.25) is 4.58 Å². The molecule has 0 bridgehead atoms. The fraction of sp³-hybridized carbons (Fsp3) is 0.800. The Morgan fingerprint density at radius 1 is 0.944 bits per heavy atom. The van der Waals surface area contributed by atoms with Crippen LogP contribution < -0.4 is 0 Å². The highest BCUT2D eigenvalue weighted by atomic mass is 32.3. The van der Waals surface area contributed by atoms with Crippen LogP contribution in [-0.4, -0.2) is 45.1 Å². The predicted octanol–water partition coefficient (Wildman–Crippen LogP) is 0.423. The van der Waals surface area contributed by atoms with Crippen LogP contribution in [0.25, 0.3) is 0 Å². The molecule has 0 radical (unpaired) electrons. The van der Waals surface area contributed by atoms with Crippen molar-refractivity contribution in [2.45, 2.75) is 16.3 Å². The number of alkyl halides is 6. The van der Waals surface area contributed by atoms with Crippen molar-refractivity contribution in [3.63, 3.8) is 0 Å². The van der Waals surface area contributed by atoms with Gasteiger partial charge in [0.1, 0.15) is 0 Å². The minimum absolute atomic E-state index is 0.218. The Balaban J connectivity index is 6.13. The van der Waals surface area contributed by atoms with Crippen LogP contribution in [0.5, 0.6) is 0 Å². The minimum atomic E-state index is -6.84. The molecular weight excluding hydrogens is 318 g/mol. The van der Waals surface area contributed by atoms with E-state index >= 15 is 0 Å². The average molecular weight is 322 g/mol. The molecule has 0 aliphatic rings. The van der Waals surface area contributed by atoms with E-state index in [4.69, 9.17) is 0 Å². The fourth-order valence-corrected chi connectivity index (χ4v) is 4.17. The number of rotatable bonds is 3. The SMILES string of the molecule is CS(=O)(=O)C(C(=O)C(F)(F)F)S(=O)(=O)C(F)(F)F. The van der Waals surface area contributed by atoms with Gasteiger partial charge in [-0.25, -0.2) is 16.8 Å². The number of sulfone groups is 2. The molecule has 0 aromatic heterocycles. The van der Waals surface area contributed by atoms with Gasteiger partial charge in [0, 0.05) is 6.26 Å². The summed E-state index contributed by atoms with van der Waals surface area (Å²) in [5.74, 6) is -3.51. The lowest BCUT2D eigenvalue weighted by Gasteiger charge is -2.17. The van der Waals surface area contributed by atoms with E-state index in [1.165, 1.54) is 0 Å². The Hall–Kier alpha value is -0.850. The highest BCUT2D eigenvalue weighted by molar-refractivity contribution is 8.10. The number of Topliss-reactive ketones (excluding diaryl/α,β-unsaturated/α-hetero) is 1. The van der Waals surface area contributed by atoms with Gasteiger partial charge >= 0.3 is 11.7 Å². The summed E-state index contributed by atoms with van der Waals surface area (Å²) < 4.78 is 110. The van der Waals surface area contributed by atoms with Crippen molar-refractivity contribution in [2.75, 3.05) is 6.26 Å². The fourth-order valence-electron chi connectivity index (χ4n) is 0.820. The van der Waals surface area contributed by atoms with Crippen LogP contribution in [0.2, 0.25) is 0 Å². The number of carbonyl (C=O) groups is 1. The molecule has 0 heterocycles. The van der Waals surface area contributed by atoms with E-state index < -0.39 is 41.7 Å². The van der Waals surface area contributed by atoms with Crippen LogP contribution in [0.15, 0.2) is 0 Å². The minimum Gasteiger partial charge on any atom is -0.287 e. The summed E-state index contributed by atoms with van der Waals surface area (Å²) in [4.78, 5) is 10.5. The van der Waals surface area contributed by atoms with Crippen LogP contribution in [0.4, 0.5) is 26.3 Å². The molecule has 0 saturated carbocycles. The second-order valence-electron chi connectivity index (χ2n) is 3.01. The molecule has 1 unspecified atom stereocenters. The summed E-state index contributed by atoms with van der Waals surface area (Å²) in [5, 5.41) is 0. The summed E-state index contributed by atoms with van der Waals surface area (Å²) in [5.41, 5.74) is -6.30. The molecule has 5 nitrogen and oxygen atoms in total. The van der Waals surface area contributed by atoms with Crippen LogP contribution >= 0.6 is 0 Å². The zero-order valence-electron chi connectivity index (χ0n) is 8.20. The normalized spacial score (nSPS) is 16.4. The first-order chi connectivity index (χ1) is 7.53. The topological polar surface area (TPSA) is 85.3 Å². The van der Waals surface area contributed by atoms with Crippen molar-refractivity contribution in [3.05, 3.63) is 0 Å². The monoisotopic (exact) mass is 322 g/mol. The number of hydrogen-bond acceptors (Lipinski definition) is 5. The van der Waals surface area contributed by atoms with Crippen molar-refractivity contribution in [1.82, 2.24) is 0 Å². The molecule has 1 atom stereocenters. The number of halogens is 6. The highest BCUT2D eigenvalue weighted by Gasteiger charge is 2.62. The van der Waals surface area contributed by atoms with Crippen LogP contribution in [0.1, 0.15) is 0 Å². The smallest absolute Gasteiger partial charge is 0.287 e. The lowest BCUT2D eigenvalue weighted by Crippen LogP contribution is -2.49. The Morgan fingerprint density at radius 2 is 1.28 bits per heavy atom. The van der Waals surface area contributed by atoms with Gasteiger partial charge in [-0.05, 0) is 0 Å². The molecule has 0 aromatic rings. The Kier molecular flexibility index (Phi) is 4.16. The zero-order chi connectivity index (χ0) is 15.2. The molecule has 0 amide bonds. The van der Waals surface area contributed by atoms with E-state index in [2.05, 4.69) is 0 Å². The molecule has 0 aliphatic carbocycles. The molecule has 0 aliphatic heterocycles. The summed E-state index contributed by atoms with van der Waals surface area (Å²) in [6, 6.07) is 0. The maximum Gasteiger partial charge on any atom is 0.499 e. The summed E-state index contributed by atoms with van der Waals surface area (Å²) in [6.45, 7) is 0. The van der Waals surface area contributed by atoms with E-state index in [1.807, 2.05) is 0 Å². The molecule has 0 rings (SSSR count). The van der Waals surface area contributed by atoms with E-state index in [9.17, 15) is 48.0 Å². The van der Waals surface area contributed by atoms with Gasteiger partial charge in [0.05, 0.1) is 0 Å².